The van der Waals surface area contributed by atoms with Gasteiger partial charge in [0.2, 0.25) is 5.91 Å². The number of benzene rings is 2. The summed E-state index contributed by atoms with van der Waals surface area (Å²) >= 11 is 6.91. The summed E-state index contributed by atoms with van der Waals surface area (Å²) in [5.41, 5.74) is 2.14. The van der Waals surface area contributed by atoms with Crippen molar-refractivity contribution >= 4 is 55.6 Å². The van der Waals surface area contributed by atoms with E-state index in [4.69, 9.17) is 16.3 Å². The van der Waals surface area contributed by atoms with Gasteiger partial charge in [0.05, 0.1) is 28.9 Å². The highest BCUT2D eigenvalue weighted by Crippen LogP contribution is 2.35. The van der Waals surface area contributed by atoms with Crippen LogP contribution in [0.15, 0.2) is 58.8 Å². The van der Waals surface area contributed by atoms with Crippen LogP contribution < -0.4 is 14.8 Å². The number of methoxy groups -OCH3 is 1. The molecule has 2 aromatic carbocycles. The van der Waals surface area contributed by atoms with Gasteiger partial charge in [-0.3, -0.25) is 14.2 Å². The van der Waals surface area contributed by atoms with Crippen molar-refractivity contribution in [2.45, 2.75) is 38.1 Å². The Bertz CT molecular complexity index is 1520. The fraction of sp³-hybridized carbons (Fsp3) is 0.280. The van der Waals surface area contributed by atoms with E-state index in [2.05, 4.69) is 15.1 Å². The van der Waals surface area contributed by atoms with Crippen LogP contribution in [0.25, 0.3) is 10.9 Å². The van der Waals surface area contributed by atoms with Crippen LogP contribution in [0.5, 0.6) is 5.75 Å². The minimum atomic E-state index is -3.89. The van der Waals surface area contributed by atoms with Gasteiger partial charge in [-0.2, -0.15) is 5.10 Å². The number of fused-ring (bicyclic) bond motifs is 1. The Morgan fingerprint density at radius 1 is 1.11 bits per heavy atom. The van der Waals surface area contributed by atoms with Crippen LogP contribution >= 0.6 is 22.9 Å². The number of rotatable bonds is 8. The highest BCUT2D eigenvalue weighted by molar-refractivity contribution is 7.94. The monoisotopic (exact) mass is 546 g/mol. The number of hydrogen-bond donors (Lipinski definition) is 2. The number of amides is 1. The number of nitrogens with zero attached hydrogens (tertiary/aromatic N) is 2. The zero-order valence-electron chi connectivity index (χ0n) is 20.3. The molecular weight excluding hydrogens is 520 g/mol. The maximum atomic E-state index is 13.0. The van der Waals surface area contributed by atoms with Crippen molar-refractivity contribution in [3.63, 3.8) is 0 Å². The van der Waals surface area contributed by atoms with E-state index < -0.39 is 15.4 Å². The average Bonchev–Trinajstić information content (AvgIpc) is 3.41. The highest BCUT2D eigenvalue weighted by atomic mass is 35.5. The van der Waals surface area contributed by atoms with Crippen molar-refractivity contribution < 1.29 is 17.9 Å². The van der Waals surface area contributed by atoms with E-state index in [0.717, 1.165) is 22.5 Å². The van der Waals surface area contributed by atoms with Crippen LogP contribution in [0.4, 0.5) is 5.82 Å². The summed E-state index contributed by atoms with van der Waals surface area (Å²) in [6, 6.07) is 16.3. The molecule has 190 valence electrons. The Morgan fingerprint density at radius 3 is 2.50 bits per heavy atom. The van der Waals surface area contributed by atoms with Crippen LogP contribution in [-0.2, 0) is 27.9 Å². The number of hydrogen-bond acceptors (Lipinski definition) is 6. The van der Waals surface area contributed by atoms with Gasteiger partial charge in [-0.15, -0.1) is 11.3 Å². The molecule has 0 fully saturated rings. The second-order valence-corrected chi connectivity index (χ2v) is 12.9. The lowest BCUT2D eigenvalue weighted by Gasteiger charge is -2.17. The molecule has 0 saturated heterocycles. The van der Waals surface area contributed by atoms with Crippen LogP contribution in [0.1, 0.15) is 31.9 Å². The normalized spacial score (nSPS) is 12.0. The molecule has 0 bridgehead atoms. The Labute approximate surface area is 219 Å². The van der Waals surface area contributed by atoms with Crippen LogP contribution in [0.3, 0.4) is 0 Å². The standard InChI is InChI=1S/C25H27ClN4O4S2/c1-25(2,3)24(31)27-14-16-7-5-8-17(13-16)15-30-18-9-6-10-19(34-4)22(18)23(28-30)29-36(32,33)21-12-11-20(26)35-21/h5-13H,14-15H2,1-4H3,(H,27,31)(H,28,29). The molecule has 4 rings (SSSR count). The van der Waals surface area contributed by atoms with E-state index in [0.29, 0.717) is 34.1 Å². The van der Waals surface area contributed by atoms with Crippen molar-refractivity contribution in [1.29, 1.82) is 0 Å². The van der Waals surface area contributed by atoms with Crippen molar-refractivity contribution in [3.05, 3.63) is 70.1 Å². The first kappa shape index (κ1) is 26.0. The topological polar surface area (TPSA) is 102 Å². The number of halogens is 1. The number of sulfonamides is 1. The predicted molar refractivity (Wildman–Crippen MR) is 143 cm³/mol. The minimum absolute atomic E-state index is 0.0259. The third-order valence-electron chi connectivity index (χ3n) is 5.46. The fourth-order valence-corrected chi connectivity index (χ4v) is 6.13. The summed E-state index contributed by atoms with van der Waals surface area (Å²) in [5, 5.41) is 8.11. The average molecular weight is 547 g/mol. The van der Waals surface area contributed by atoms with Gasteiger partial charge in [0, 0.05) is 12.0 Å². The number of nitrogens with one attached hydrogen (secondary N) is 2. The maximum Gasteiger partial charge on any atom is 0.272 e. The maximum absolute atomic E-state index is 13.0. The van der Waals surface area contributed by atoms with E-state index in [1.807, 2.05) is 57.2 Å². The summed E-state index contributed by atoms with van der Waals surface area (Å²) in [5.74, 6) is 0.641. The van der Waals surface area contributed by atoms with E-state index in [1.165, 1.54) is 19.2 Å². The lowest BCUT2D eigenvalue weighted by molar-refractivity contribution is -0.128. The molecule has 0 atom stereocenters. The molecule has 1 amide bonds. The number of anilines is 1. The summed E-state index contributed by atoms with van der Waals surface area (Å²) < 4.78 is 36.3. The highest BCUT2D eigenvalue weighted by Gasteiger charge is 2.23. The molecule has 4 aromatic rings. The molecule has 0 aliphatic carbocycles. The molecule has 0 unspecified atom stereocenters. The molecule has 0 radical (unpaired) electrons. The Kier molecular flexibility index (Phi) is 7.31. The first-order valence-electron chi connectivity index (χ1n) is 11.2. The quantitative estimate of drug-likeness (QED) is 0.313. The van der Waals surface area contributed by atoms with Crippen molar-refractivity contribution in [2.24, 2.45) is 5.41 Å². The molecule has 2 aromatic heterocycles. The van der Waals surface area contributed by atoms with E-state index in [-0.39, 0.29) is 15.9 Å². The second kappa shape index (κ2) is 10.1. The summed E-state index contributed by atoms with van der Waals surface area (Å²) in [7, 11) is -2.36. The van der Waals surface area contributed by atoms with Gasteiger partial charge in [-0.05, 0) is 35.4 Å². The zero-order valence-corrected chi connectivity index (χ0v) is 22.7. The fourth-order valence-electron chi connectivity index (χ4n) is 3.64. The third-order valence-corrected chi connectivity index (χ3v) is 8.52. The van der Waals surface area contributed by atoms with Gasteiger partial charge < -0.3 is 10.1 Å². The Balaban J connectivity index is 1.65. The number of carbonyl (C=O) groups excluding carboxylic acids is 1. The third kappa shape index (κ3) is 5.66. The Morgan fingerprint density at radius 2 is 1.83 bits per heavy atom. The summed E-state index contributed by atoms with van der Waals surface area (Å²) in [4.78, 5) is 12.2. The molecule has 2 heterocycles. The van der Waals surface area contributed by atoms with Gasteiger partial charge in [0.1, 0.15) is 9.96 Å². The van der Waals surface area contributed by atoms with Crippen molar-refractivity contribution in [1.82, 2.24) is 15.1 Å². The summed E-state index contributed by atoms with van der Waals surface area (Å²) in [6.07, 6.45) is 0. The molecule has 0 saturated carbocycles. The van der Waals surface area contributed by atoms with Crippen molar-refractivity contribution in [2.75, 3.05) is 11.8 Å². The van der Waals surface area contributed by atoms with E-state index in [1.54, 1.807) is 10.7 Å². The summed E-state index contributed by atoms with van der Waals surface area (Å²) in [6.45, 7) is 6.40. The lowest BCUT2D eigenvalue weighted by Crippen LogP contribution is -2.34. The minimum Gasteiger partial charge on any atom is -0.496 e. The second-order valence-electron chi connectivity index (χ2n) is 9.28. The number of aromatic nitrogens is 2. The van der Waals surface area contributed by atoms with Gasteiger partial charge in [-0.25, -0.2) is 8.42 Å². The number of thiophene rings is 1. The predicted octanol–water partition coefficient (Wildman–Crippen LogP) is 5.27. The largest absolute Gasteiger partial charge is 0.496 e. The van der Waals surface area contributed by atoms with E-state index >= 15 is 0 Å². The molecule has 0 aliphatic heterocycles. The molecule has 11 heteroatoms. The number of ether oxygens (including phenoxy) is 1. The van der Waals surface area contributed by atoms with Gasteiger partial charge >= 0.3 is 0 Å². The Hall–Kier alpha value is -3.08. The van der Waals surface area contributed by atoms with Gasteiger partial charge in [0.15, 0.2) is 5.82 Å². The zero-order chi connectivity index (χ0) is 26.1. The SMILES string of the molecule is COc1cccc2c1c(NS(=O)(=O)c1ccc(Cl)s1)nn2Cc1cccc(CNC(=O)C(C)(C)C)c1. The molecule has 8 nitrogen and oxygen atoms in total. The van der Waals surface area contributed by atoms with E-state index in [9.17, 15) is 13.2 Å². The van der Waals surface area contributed by atoms with Crippen LogP contribution in [-0.4, -0.2) is 31.2 Å². The molecule has 0 aliphatic rings. The first-order chi connectivity index (χ1) is 17.0. The molecule has 36 heavy (non-hydrogen) atoms. The van der Waals surface area contributed by atoms with Gasteiger partial charge in [-0.1, -0.05) is 62.7 Å². The smallest absolute Gasteiger partial charge is 0.272 e. The first-order valence-corrected chi connectivity index (χ1v) is 13.8. The molecular formula is C25H27ClN4O4S2. The lowest BCUT2D eigenvalue weighted by atomic mass is 9.95. The van der Waals surface area contributed by atoms with Crippen LogP contribution in [0, 0.1) is 5.41 Å². The van der Waals surface area contributed by atoms with Crippen molar-refractivity contribution in [3.8, 4) is 5.75 Å². The molecule has 2 N–H and O–H groups in total. The molecule has 0 spiro atoms. The number of carbonyl (C=O) groups is 1. The van der Waals surface area contributed by atoms with Crippen LogP contribution in [0.2, 0.25) is 4.34 Å². The van der Waals surface area contributed by atoms with Gasteiger partial charge in [0.25, 0.3) is 10.0 Å².